The van der Waals surface area contributed by atoms with E-state index in [0.29, 0.717) is 6.54 Å². The number of aliphatic hydroxyl groups excluding tert-OH is 1. The molecule has 1 aliphatic rings. The number of rotatable bonds is 8. The molecule has 5 heteroatoms. The van der Waals surface area contributed by atoms with Gasteiger partial charge in [0.05, 0.1) is 14.2 Å². The first-order valence-corrected chi connectivity index (χ1v) is 10.6. The first kappa shape index (κ1) is 21.2. The molecule has 0 fully saturated rings. The maximum Gasteiger partial charge on any atom is 0.161 e. The Morgan fingerprint density at radius 3 is 2.19 bits per heavy atom. The molecule has 0 aromatic heterocycles. The second kappa shape index (κ2) is 9.86. The van der Waals surface area contributed by atoms with E-state index >= 15 is 0 Å². The van der Waals surface area contributed by atoms with Gasteiger partial charge in [-0.25, -0.2) is 0 Å². The third-order valence-electron chi connectivity index (χ3n) is 5.67. The summed E-state index contributed by atoms with van der Waals surface area (Å²) in [5.41, 5.74) is 4.81. The smallest absolute Gasteiger partial charge is 0.161 e. The number of hydrogen-bond donors (Lipinski definition) is 1. The van der Waals surface area contributed by atoms with Gasteiger partial charge in [-0.1, -0.05) is 42.5 Å². The fraction of sp³-hybridized carbons (Fsp3) is 0.308. The van der Waals surface area contributed by atoms with Gasteiger partial charge in [-0.2, -0.15) is 0 Å². The molecule has 0 unspecified atom stereocenters. The molecule has 1 aliphatic heterocycles. The number of methoxy groups -OCH3 is 2. The minimum Gasteiger partial charge on any atom is -0.493 e. The Balaban J connectivity index is 1.30. The molecule has 0 bridgehead atoms. The van der Waals surface area contributed by atoms with E-state index in [2.05, 4.69) is 23.1 Å². The molecule has 0 radical (unpaired) electrons. The normalized spacial score (nSPS) is 14.5. The average molecular weight is 420 g/mol. The lowest BCUT2D eigenvalue weighted by atomic mass is 9.98. The molecule has 1 heterocycles. The van der Waals surface area contributed by atoms with E-state index in [1.54, 1.807) is 14.2 Å². The van der Waals surface area contributed by atoms with Crippen LogP contribution in [0.15, 0.2) is 66.7 Å². The fourth-order valence-electron chi connectivity index (χ4n) is 4.01. The standard InChI is InChI=1S/C26H29NO4/c1-29-25-14-21-12-13-27(16-22(21)15-26(25)30-2)17-23(28)18-31-24-10-8-20(9-11-24)19-6-4-3-5-7-19/h3-11,14-15,23,28H,12-13,16-18H2,1-2H3/t23-/m1/s1. The van der Waals surface area contributed by atoms with E-state index in [1.165, 1.54) is 16.7 Å². The predicted octanol–water partition coefficient (Wildman–Crippen LogP) is 4.17. The molecule has 31 heavy (non-hydrogen) atoms. The molecule has 0 amide bonds. The van der Waals surface area contributed by atoms with Crippen LogP contribution in [-0.4, -0.2) is 50.0 Å². The highest BCUT2D eigenvalue weighted by molar-refractivity contribution is 5.63. The number of aliphatic hydroxyl groups is 1. The molecule has 4 rings (SSSR count). The Labute approximate surface area is 183 Å². The summed E-state index contributed by atoms with van der Waals surface area (Å²) in [6.07, 6.45) is 0.361. The van der Waals surface area contributed by atoms with Crippen LogP contribution in [-0.2, 0) is 13.0 Å². The van der Waals surface area contributed by atoms with Crippen molar-refractivity contribution in [3.63, 3.8) is 0 Å². The SMILES string of the molecule is COc1cc2c(cc1OC)CN(C[C@@H](O)COc1ccc(-c3ccccc3)cc1)CC2. The highest BCUT2D eigenvalue weighted by atomic mass is 16.5. The van der Waals surface area contributed by atoms with Gasteiger partial charge in [-0.15, -0.1) is 0 Å². The third kappa shape index (κ3) is 5.19. The number of nitrogens with zero attached hydrogens (tertiary/aromatic N) is 1. The van der Waals surface area contributed by atoms with Crippen molar-refractivity contribution in [2.75, 3.05) is 33.9 Å². The summed E-state index contributed by atoms with van der Waals surface area (Å²) in [6, 6.07) is 22.3. The first-order valence-electron chi connectivity index (χ1n) is 10.6. The summed E-state index contributed by atoms with van der Waals surface area (Å²) < 4.78 is 16.7. The van der Waals surface area contributed by atoms with Crippen molar-refractivity contribution in [2.45, 2.75) is 19.1 Å². The molecular formula is C26H29NO4. The lowest BCUT2D eigenvalue weighted by Crippen LogP contribution is -2.38. The fourth-order valence-corrected chi connectivity index (χ4v) is 4.01. The number of benzene rings is 3. The van der Waals surface area contributed by atoms with Gasteiger partial charge >= 0.3 is 0 Å². The zero-order valence-electron chi connectivity index (χ0n) is 18.1. The molecule has 3 aromatic rings. The lowest BCUT2D eigenvalue weighted by molar-refractivity contribution is 0.0637. The molecule has 3 aromatic carbocycles. The molecular weight excluding hydrogens is 390 g/mol. The Bertz CT molecular complexity index is 988. The Hall–Kier alpha value is -3.02. The van der Waals surface area contributed by atoms with Gasteiger partial charge in [0.2, 0.25) is 0 Å². The van der Waals surface area contributed by atoms with Crippen molar-refractivity contribution >= 4 is 0 Å². The third-order valence-corrected chi connectivity index (χ3v) is 5.67. The first-order chi connectivity index (χ1) is 15.2. The van der Waals surface area contributed by atoms with Crippen LogP contribution >= 0.6 is 0 Å². The van der Waals surface area contributed by atoms with Crippen molar-refractivity contribution < 1.29 is 19.3 Å². The molecule has 0 spiro atoms. The summed E-state index contributed by atoms with van der Waals surface area (Å²) in [7, 11) is 3.31. The van der Waals surface area contributed by atoms with Gasteiger partial charge in [0.1, 0.15) is 18.5 Å². The van der Waals surface area contributed by atoms with Crippen LogP contribution in [0.1, 0.15) is 11.1 Å². The summed E-state index contributed by atoms with van der Waals surface area (Å²) >= 11 is 0. The van der Waals surface area contributed by atoms with Gasteiger partial charge < -0.3 is 19.3 Å². The van der Waals surface area contributed by atoms with Crippen molar-refractivity contribution in [3.05, 3.63) is 77.9 Å². The maximum absolute atomic E-state index is 10.5. The summed E-state index contributed by atoms with van der Waals surface area (Å²) in [6.45, 7) is 2.50. The molecule has 0 saturated carbocycles. The van der Waals surface area contributed by atoms with Crippen molar-refractivity contribution in [1.82, 2.24) is 4.90 Å². The van der Waals surface area contributed by atoms with E-state index in [9.17, 15) is 5.11 Å². The van der Waals surface area contributed by atoms with E-state index < -0.39 is 6.10 Å². The van der Waals surface area contributed by atoms with Gasteiger partial charge in [-0.05, 0) is 52.9 Å². The van der Waals surface area contributed by atoms with Crippen LogP contribution < -0.4 is 14.2 Å². The quantitative estimate of drug-likeness (QED) is 0.594. The molecule has 0 aliphatic carbocycles. The Morgan fingerprint density at radius 1 is 0.871 bits per heavy atom. The molecule has 5 nitrogen and oxygen atoms in total. The zero-order chi connectivity index (χ0) is 21.6. The van der Waals surface area contributed by atoms with Gasteiger partial charge in [0, 0.05) is 19.6 Å². The van der Waals surface area contributed by atoms with Crippen molar-refractivity contribution in [2.24, 2.45) is 0 Å². The summed E-state index contributed by atoms with van der Waals surface area (Å²) in [5, 5.41) is 10.5. The highest BCUT2D eigenvalue weighted by Crippen LogP contribution is 2.33. The Morgan fingerprint density at radius 2 is 1.52 bits per heavy atom. The maximum atomic E-state index is 10.5. The zero-order valence-corrected chi connectivity index (χ0v) is 18.1. The summed E-state index contributed by atoms with van der Waals surface area (Å²) in [4.78, 5) is 2.25. The monoisotopic (exact) mass is 419 g/mol. The molecule has 1 N–H and O–H groups in total. The number of β-amino-alcohol motifs (C(OH)–C–C–N with tert-alkyl or cyclic N) is 1. The highest BCUT2D eigenvalue weighted by Gasteiger charge is 2.21. The molecule has 1 atom stereocenters. The van der Waals surface area contributed by atoms with Crippen LogP contribution in [0.4, 0.5) is 0 Å². The predicted molar refractivity (Wildman–Crippen MR) is 122 cm³/mol. The average Bonchev–Trinajstić information content (AvgIpc) is 2.82. The number of ether oxygens (including phenoxy) is 3. The van der Waals surface area contributed by atoms with E-state index in [4.69, 9.17) is 14.2 Å². The van der Waals surface area contributed by atoms with Gasteiger partial charge in [0.25, 0.3) is 0 Å². The van der Waals surface area contributed by atoms with Crippen LogP contribution in [0.5, 0.6) is 17.2 Å². The van der Waals surface area contributed by atoms with Gasteiger partial charge in [0.15, 0.2) is 11.5 Å². The van der Waals surface area contributed by atoms with Crippen LogP contribution in [0, 0.1) is 0 Å². The molecule has 0 saturated heterocycles. The van der Waals surface area contributed by atoms with Crippen LogP contribution in [0.25, 0.3) is 11.1 Å². The second-order valence-corrected chi connectivity index (χ2v) is 7.82. The van der Waals surface area contributed by atoms with E-state index in [-0.39, 0.29) is 6.61 Å². The summed E-state index contributed by atoms with van der Waals surface area (Å²) in [5.74, 6) is 2.27. The minimum atomic E-state index is -0.560. The minimum absolute atomic E-state index is 0.264. The Kier molecular flexibility index (Phi) is 6.75. The van der Waals surface area contributed by atoms with Crippen LogP contribution in [0.3, 0.4) is 0 Å². The van der Waals surface area contributed by atoms with Gasteiger partial charge in [-0.3, -0.25) is 4.90 Å². The molecule has 162 valence electrons. The second-order valence-electron chi connectivity index (χ2n) is 7.82. The van der Waals surface area contributed by atoms with Crippen LogP contribution in [0.2, 0.25) is 0 Å². The van der Waals surface area contributed by atoms with Crippen molar-refractivity contribution in [3.8, 4) is 28.4 Å². The van der Waals surface area contributed by atoms with E-state index in [1.807, 2.05) is 48.5 Å². The largest absolute Gasteiger partial charge is 0.493 e. The van der Waals surface area contributed by atoms with Crippen molar-refractivity contribution in [1.29, 1.82) is 0 Å². The number of fused-ring (bicyclic) bond motifs is 1. The topological polar surface area (TPSA) is 51.2 Å². The lowest BCUT2D eigenvalue weighted by Gasteiger charge is -2.31. The van der Waals surface area contributed by atoms with E-state index in [0.717, 1.165) is 42.3 Å². The number of hydrogen-bond acceptors (Lipinski definition) is 5.